The van der Waals surface area contributed by atoms with Crippen LogP contribution in [0, 0.1) is 0 Å². The summed E-state index contributed by atoms with van der Waals surface area (Å²) < 4.78 is 4.59. The zero-order valence-corrected chi connectivity index (χ0v) is 6.68. The number of hydrogen-bond acceptors (Lipinski definition) is 2. The number of rotatable bonds is 2. The quantitative estimate of drug-likeness (QED) is 0.554. The van der Waals surface area contributed by atoms with E-state index in [-0.39, 0.29) is 0 Å². The minimum absolute atomic E-state index is 0.388. The highest BCUT2D eigenvalue weighted by Crippen LogP contribution is 1.88. The molecule has 0 N–H and O–H groups in total. The first-order chi connectivity index (χ1) is 4.70. The molecule has 0 aromatic rings. The maximum atomic E-state index is 10.6. The third-order valence-electron chi connectivity index (χ3n) is 1.06. The lowest BCUT2D eigenvalue weighted by Gasteiger charge is -1.95. The van der Waals surface area contributed by atoms with Crippen molar-refractivity contribution in [3.05, 3.63) is 0 Å². The van der Waals surface area contributed by atoms with E-state index in [1.54, 1.807) is 13.8 Å². The third-order valence-corrected chi connectivity index (χ3v) is 1.06. The maximum absolute atomic E-state index is 10.6. The summed E-state index contributed by atoms with van der Waals surface area (Å²) in [5, 5.41) is 0. The van der Waals surface area contributed by atoms with Crippen LogP contribution in [0.3, 0.4) is 0 Å². The van der Waals surface area contributed by atoms with Gasteiger partial charge in [0.05, 0.1) is 6.61 Å². The van der Waals surface area contributed by atoms with Crippen LogP contribution in [0.15, 0.2) is 4.99 Å². The molecule has 0 rings (SSSR count). The smallest absolute Gasteiger partial charge is 0.433 e. The highest BCUT2D eigenvalue weighted by atomic mass is 16.5. The summed E-state index contributed by atoms with van der Waals surface area (Å²) in [4.78, 5) is 14.2. The second-order valence-corrected chi connectivity index (χ2v) is 1.90. The van der Waals surface area contributed by atoms with Crippen LogP contribution in [0.1, 0.15) is 27.2 Å². The Bertz CT molecular complexity index is 141. The molecule has 0 aliphatic rings. The van der Waals surface area contributed by atoms with Crippen LogP contribution >= 0.6 is 0 Å². The van der Waals surface area contributed by atoms with E-state index in [0.717, 1.165) is 12.1 Å². The topological polar surface area (TPSA) is 38.7 Å². The molecular weight excluding hydrogens is 130 g/mol. The maximum Gasteiger partial charge on any atom is 0.433 e. The molecule has 1 amide bonds. The van der Waals surface area contributed by atoms with E-state index in [4.69, 9.17) is 0 Å². The van der Waals surface area contributed by atoms with Gasteiger partial charge in [-0.25, -0.2) is 4.79 Å². The molecule has 0 radical (unpaired) electrons. The fraction of sp³-hybridized carbons (Fsp3) is 0.714. The van der Waals surface area contributed by atoms with Crippen molar-refractivity contribution in [1.82, 2.24) is 0 Å². The summed E-state index contributed by atoms with van der Waals surface area (Å²) in [6.07, 6.45) is 0.306. The molecule has 3 nitrogen and oxygen atoms in total. The van der Waals surface area contributed by atoms with Gasteiger partial charge < -0.3 is 4.74 Å². The molecule has 10 heavy (non-hydrogen) atoms. The Morgan fingerprint density at radius 1 is 1.50 bits per heavy atom. The molecule has 0 heterocycles. The predicted octanol–water partition coefficient (Wildman–Crippen LogP) is 2.01. The average molecular weight is 143 g/mol. The molecule has 3 heteroatoms. The fourth-order valence-corrected chi connectivity index (χ4v) is 0.391. The van der Waals surface area contributed by atoms with Gasteiger partial charge in [-0.15, -0.1) is 0 Å². The molecule has 0 saturated heterocycles. The van der Waals surface area contributed by atoms with Crippen molar-refractivity contribution < 1.29 is 9.53 Å². The van der Waals surface area contributed by atoms with E-state index < -0.39 is 6.09 Å². The van der Waals surface area contributed by atoms with Crippen LogP contribution in [-0.2, 0) is 4.74 Å². The number of carbonyl (C=O) groups excluding carboxylic acids is 1. The monoisotopic (exact) mass is 143 g/mol. The van der Waals surface area contributed by atoms with Crippen molar-refractivity contribution in [2.75, 3.05) is 6.61 Å². The SMILES string of the molecule is CCOC(=O)N=C(C)CC. The lowest BCUT2D eigenvalue weighted by atomic mass is 10.3. The van der Waals surface area contributed by atoms with Crippen molar-refractivity contribution in [2.45, 2.75) is 27.2 Å². The van der Waals surface area contributed by atoms with Crippen LogP contribution < -0.4 is 0 Å². The summed E-state index contributed by atoms with van der Waals surface area (Å²) in [6, 6.07) is 0. The Labute approximate surface area is 61.1 Å². The van der Waals surface area contributed by atoms with Gasteiger partial charge in [0.1, 0.15) is 0 Å². The Hall–Kier alpha value is -0.860. The molecule has 0 bridgehead atoms. The molecular formula is C7H13NO2. The van der Waals surface area contributed by atoms with E-state index in [1.165, 1.54) is 0 Å². The van der Waals surface area contributed by atoms with Crippen molar-refractivity contribution >= 4 is 11.8 Å². The molecule has 0 spiro atoms. The van der Waals surface area contributed by atoms with Gasteiger partial charge in [0.25, 0.3) is 0 Å². The first-order valence-corrected chi connectivity index (χ1v) is 3.41. The molecule has 0 aromatic heterocycles. The summed E-state index contributed by atoms with van der Waals surface area (Å²) in [5.74, 6) is 0. The molecule has 0 atom stereocenters. The highest BCUT2D eigenvalue weighted by molar-refractivity contribution is 5.91. The van der Waals surface area contributed by atoms with E-state index in [0.29, 0.717) is 6.61 Å². The van der Waals surface area contributed by atoms with Crippen molar-refractivity contribution in [3.63, 3.8) is 0 Å². The second kappa shape index (κ2) is 4.97. The van der Waals surface area contributed by atoms with Crippen molar-refractivity contribution in [2.24, 2.45) is 4.99 Å². The minimum Gasteiger partial charge on any atom is -0.448 e. The Kier molecular flexibility index (Phi) is 4.54. The largest absolute Gasteiger partial charge is 0.448 e. The number of ether oxygens (including phenoxy) is 1. The normalized spacial score (nSPS) is 11.3. The second-order valence-electron chi connectivity index (χ2n) is 1.90. The van der Waals surface area contributed by atoms with E-state index >= 15 is 0 Å². The number of carbonyl (C=O) groups is 1. The Balaban J connectivity index is 3.75. The van der Waals surface area contributed by atoms with Gasteiger partial charge >= 0.3 is 6.09 Å². The number of amides is 1. The van der Waals surface area contributed by atoms with Crippen LogP contribution in [0.4, 0.5) is 4.79 Å². The van der Waals surface area contributed by atoms with Crippen LogP contribution in [0.25, 0.3) is 0 Å². The van der Waals surface area contributed by atoms with Gasteiger partial charge in [0, 0.05) is 5.71 Å². The number of aliphatic imine (C=N–C) groups is 1. The summed E-state index contributed by atoms with van der Waals surface area (Å²) in [7, 11) is 0. The molecule has 0 saturated carbocycles. The van der Waals surface area contributed by atoms with Gasteiger partial charge in [-0.2, -0.15) is 4.99 Å². The lowest BCUT2D eigenvalue weighted by Crippen LogP contribution is -2.01. The number of nitrogens with zero attached hydrogens (tertiary/aromatic N) is 1. The fourth-order valence-electron chi connectivity index (χ4n) is 0.391. The van der Waals surface area contributed by atoms with Crippen LogP contribution in [0.2, 0.25) is 0 Å². The van der Waals surface area contributed by atoms with Crippen LogP contribution in [-0.4, -0.2) is 18.4 Å². The highest BCUT2D eigenvalue weighted by Gasteiger charge is 1.96. The molecule has 0 aliphatic carbocycles. The standard InChI is InChI=1S/C7H13NO2/c1-4-6(3)8-7(9)10-5-2/h4-5H2,1-3H3. The van der Waals surface area contributed by atoms with Crippen molar-refractivity contribution in [3.8, 4) is 0 Å². The summed E-state index contributed by atoms with van der Waals surface area (Å²) >= 11 is 0. The molecule has 0 aliphatic heterocycles. The molecule has 0 unspecified atom stereocenters. The molecule has 0 fully saturated rings. The van der Waals surface area contributed by atoms with Crippen molar-refractivity contribution in [1.29, 1.82) is 0 Å². The Morgan fingerprint density at radius 2 is 2.10 bits per heavy atom. The predicted molar refractivity (Wildman–Crippen MR) is 40.4 cm³/mol. The zero-order valence-electron chi connectivity index (χ0n) is 6.68. The van der Waals surface area contributed by atoms with Crippen LogP contribution in [0.5, 0.6) is 0 Å². The Morgan fingerprint density at radius 3 is 2.50 bits per heavy atom. The van der Waals surface area contributed by atoms with E-state index in [1.807, 2.05) is 6.92 Å². The molecule has 0 aromatic carbocycles. The lowest BCUT2D eigenvalue weighted by molar-refractivity contribution is 0.163. The van der Waals surface area contributed by atoms with Gasteiger partial charge in [-0.1, -0.05) is 6.92 Å². The van der Waals surface area contributed by atoms with Gasteiger partial charge in [-0.3, -0.25) is 0 Å². The first kappa shape index (κ1) is 9.14. The van der Waals surface area contributed by atoms with Gasteiger partial charge in [0.2, 0.25) is 0 Å². The first-order valence-electron chi connectivity index (χ1n) is 3.41. The minimum atomic E-state index is -0.484. The van der Waals surface area contributed by atoms with Gasteiger partial charge in [-0.05, 0) is 20.3 Å². The van der Waals surface area contributed by atoms with Gasteiger partial charge in [0.15, 0.2) is 0 Å². The average Bonchev–Trinajstić information content (AvgIpc) is 1.88. The zero-order chi connectivity index (χ0) is 7.98. The van der Waals surface area contributed by atoms with E-state index in [9.17, 15) is 4.79 Å². The molecule has 58 valence electrons. The summed E-state index contributed by atoms with van der Waals surface area (Å²) in [5.41, 5.74) is 0.804. The summed E-state index contributed by atoms with van der Waals surface area (Å²) in [6.45, 7) is 5.89. The van der Waals surface area contributed by atoms with E-state index in [2.05, 4.69) is 9.73 Å². The number of hydrogen-bond donors (Lipinski definition) is 0. The third kappa shape index (κ3) is 4.06.